The number of piperidine rings is 1. The molecule has 0 aliphatic carbocycles. The van der Waals surface area contributed by atoms with Crippen molar-refractivity contribution in [3.8, 4) is 11.4 Å². The molecule has 1 atom stereocenters. The number of sulfone groups is 2. The molecule has 0 bridgehead atoms. The summed E-state index contributed by atoms with van der Waals surface area (Å²) in [5, 5.41) is 4.05. The summed E-state index contributed by atoms with van der Waals surface area (Å²) in [4.78, 5) is 7.37. The molecule has 1 unspecified atom stereocenters. The maximum atomic E-state index is 11.6. The van der Waals surface area contributed by atoms with Crippen molar-refractivity contribution in [1.82, 2.24) is 15.0 Å². The molecule has 1 fully saturated rings. The molecule has 2 aromatic carbocycles. The maximum absolute atomic E-state index is 11.6. The van der Waals surface area contributed by atoms with Gasteiger partial charge < -0.3 is 15.2 Å². The van der Waals surface area contributed by atoms with E-state index >= 15 is 0 Å². The van der Waals surface area contributed by atoms with Gasteiger partial charge in [-0.25, -0.2) is 16.8 Å². The normalized spacial score (nSPS) is 16.9. The Kier molecular flexibility index (Phi) is 7.41. The molecule has 1 aliphatic rings. The Morgan fingerprint density at radius 1 is 0.943 bits per heavy atom. The highest BCUT2D eigenvalue weighted by atomic mass is 32.2. The Bertz CT molecular complexity index is 1360. The Hall–Kier alpha value is -2.60. The van der Waals surface area contributed by atoms with Gasteiger partial charge >= 0.3 is 0 Å². The van der Waals surface area contributed by atoms with Gasteiger partial charge in [-0.1, -0.05) is 17.3 Å². The first kappa shape index (κ1) is 25.5. The van der Waals surface area contributed by atoms with E-state index in [1.54, 1.807) is 48.5 Å². The fourth-order valence-corrected chi connectivity index (χ4v) is 5.53. The first-order valence-corrected chi connectivity index (χ1v) is 15.2. The molecular weight excluding hydrogens is 488 g/mol. The van der Waals surface area contributed by atoms with E-state index < -0.39 is 19.7 Å². The quantitative estimate of drug-likeness (QED) is 0.477. The molecule has 0 saturated carbocycles. The zero-order chi connectivity index (χ0) is 25.2. The largest absolute Gasteiger partial charge is 0.339 e. The second-order valence-corrected chi connectivity index (χ2v) is 13.2. The average Bonchev–Trinajstić information content (AvgIpc) is 3.28. The minimum atomic E-state index is -3.25. The van der Waals surface area contributed by atoms with E-state index in [0.29, 0.717) is 41.1 Å². The summed E-state index contributed by atoms with van der Waals surface area (Å²) in [5.41, 5.74) is 8.00. The summed E-state index contributed by atoms with van der Waals surface area (Å²) in [6, 6.07) is 13.1. The van der Waals surface area contributed by atoms with Crippen LogP contribution in [-0.2, 0) is 26.1 Å². The van der Waals surface area contributed by atoms with Gasteiger partial charge in [0.25, 0.3) is 0 Å². The van der Waals surface area contributed by atoms with E-state index in [4.69, 9.17) is 10.3 Å². The monoisotopic (exact) mass is 518 g/mol. The third kappa shape index (κ3) is 6.54. The van der Waals surface area contributed by atoms with Crippen molar-refractivity contribution >= 4 is 19.7 Å². The van der Waals surface area contributed by atoms with Gasteiger partial charge in [0.1, 0.15) is 0 Å². The van der Waals surface area contributed by atoms with Crippen LogP contribution in [0.2, 0.25) is 0 Å². The van der Waals surface area contributed by atoms with Gasteiger partial charge in [-0.15, -0.1) is 0 Å². The van der Waals surface area contributed by atoms with Crippen LogP contribution in [0.15, 0.2) is 62.8 Å². The second-order valence-electron chi connectivity index (χ2n) is 9.20. The summed E-state index contributed by atoms with van der Waals surface area (Å²) >= 11 is 0. The number of likely N-dealkylation sites (tertiary alicyclic amines) is 1. The molecule has 2 heterocycles. The highest BCUT2D eigenvalue weighted by Crippen LogP contribution is 2.25. The van der Waals surface area contributed by atoms with Crippen LogP contribution in [0.5, 0.6) is 0 Å². The maximum Gasteiger partial charge on any atom is 0.227 e. The fraction of sp³-hybridized carbons (Fsp3) is 0.417. The molecule has 1 aromatic heterocycles. The lowest BCUT2D eigenvalue weighted by Crippen LogP contribution is -2.39. The van der Waals surface area contributed by atoms with Crippen LogP contribution in [-0.4, -0.2) is 64.0 Å². The van der Waals surface area contributed by atoms with Crippen LogP contribution in [0.4, 0.5) is 0 Å². The molecule has 4 rings (SSSR count). The molecule has 0 radical (unpaired) electrons. The van der Waals surface area contributed by atoms with Crippen molar-refractivity contribution in [2.24, 2.45) is 11.7 Å². The van der Waals surface area contributed by atoms with Crippen molar-refractivity contribution in [2.45, 2.75) is 35.1 Å². The zero-order valence-corrected chi connectivity index (χ0v) is 21.4. The van der Waals surface area contributed by atoms with E-state index in [2.05, 4.69) is 15.0 Å². The lowest BCUT2D eigenvalue weighted by molar-refractivity contribution is 0.169. The molecule has 35 heavy (non-hydrogen) atoms. The summed E-state index contributed by atoms with van der Waals surface area (Å²) in [6.45, 7) is 2.53. The van der Waals surface area contributed by atoms with Gasteiger partial charge in [0.05, 0.1) is 9.79 Å². The molecule has 2 N–H and O–H groups in total. The highest BCUT2D eigenvalue weighted by Gasteiger charge is 2.23. The smallest absolute Gasteiger partial charge is 0.227 e. The van der Waals surface area contributed by atoms with Crippen molar-refractivity contribution in [1.29, 1.82) is 0 Å². The summed E-state index contributed by atoms with van der Waals surface area (Å²) in [5.74, 6) is 1.45. The first-order valence-electron chi connectivity index (χ1n) is 11.4. The van der Waals surface area contributed by atoms with Crippen molar-refractivity contribution < 1.29 is 21.4 Å². The van der Waals surface area contributed by atoms with E-state index in [1.807, 2.05) is 0 Å². The third-order valence-corrected chi connectivity index (χ3v) is 8.63. The molecule has 9 nitrogen and oxygen atoms in total. The SMILES string of the molecule is CS(=O)(=O)c1ccc(-c2noc(CC3CCN(CC(N)c4ccc(S(C)(=O)=O)cc4)CC3)n2)cc1. The molecular formula is C24H30N4O5S2. The number of hydrogen-bond acceptors (Lipinski definition) is 9. The lowest BCUT2D eigenvalue weighted by atomic mass is 9.93. The molecule has 0 amide bonds. The summed E-state index contributed by atoms with van der Waals surface area (Å²) in [6.07, 6.45) is 5.03. The van der Waals surface area contributed by atoms with Crippen LogP contribution >= 0.6 is 0 Å². The van der Waals surface area contributed by atoms with Crippen LogP contribution in [0.1, 0.15) is 30.3 Å². The minimum absolute atomic E-state index is 0.187. The average molecular weight is 519 g/mol. The fourth-order valence-electron chi connectivity index (χ4n) is 4.27. The Labute approximate surface area is 206 Å². The number of nitrogens with two attached hydrogens (primary N) is 1. The van der Waals surface area contributed by atoms with E-state index in [-0.39, 0.29) is 10.9 Å². The third-order valence-electron chi connectivity index (χ3n) is 6.37. The molecule has 1 saturated heterocycles. The predicted molar refractivity (Wildman–Crippen MR) is 132 cm³/mol. The second kappa shape index (κ2) is 10.2. The van der Waals surface area contributed by atoms with Gasteiger partial charge in [-0.05, 0) is 73.8 Å². The minimum Gasteiger partial charge on any atom is -0.339 e. The van der Waals surface area contributed by atoms with Crippen molar-refractivity contribution in [3.05, 3.63) is 60.0 Å². The van der Waals surface area contributed by atoms with Gasteiger partial charge in [0, 0.05) is 37.1 Å². The Balaban J connectivity index is 1.28. The van der Waals surface area contributed by atoms with Crippen molar-refractivity contribution in [3.63, 3.8) is 0 Å². The van der Waals surface area contributed by atoms with E-state index in [1.165, 1.54) is 12.5 Å². The molecule has 1 aliphatic heterocycles. The van der Waals surface area contributed by atoms with Crippen LogP contribution in [0.25, 0.3) is 11.4 Å². The number of nitrogens with zero attached hydrogens (tertiary/aromatic N) is 3. The van der Waals surface area contributed by atoms with Gasteiger partial charge in [0.15, 0.2) is 19.7 Å². The standard InChI is InChI=1S/C24H30N4O5S2/c1-34(29,30)20-7-3-18(4-8-20)22(25)16-28-13-11-17(12-14-28)15-23-26-24(27-33-23)19-5-9-21(10-6-19)35(2,31)32/h3-10,17,22H,11-16,25H2,1-2H3. The first-order chi connectivity index (χ1) is 16.5. The molecule has 11 heteroatoms. The van der Waals surface area contributed by atoms with Gasteiger partial charge in [-0.2, -0.15) is 4.98 Å². The van der Waals surface area contributed by atoms with E-state index in [9.17, 15) is 16.8 Å². The van der Waals surface area contributed by atoms with Gasteiger partial charge in [-0.3, -0.25) is 0 Å². The van der Waals surface area contributed by atoms with Crippen molar-refractivity contribution in [2.75, 3.05) is 32.1 Å². The molecule has 3 aromatic rings. The summed E-state index contributed by atoms with van der Waals surface area (Å²) < 4.78 is 52.0. The number of hydrogen-bond donors (Lipinski definition) is 1. The van der Waals surface area contributed by atoms with E-state index in [0.717, 1.165) is 31.5 Å². The van der Waals surface area contributed by atoms with Crippen LogP contribution in [0, 0.1) is 5.92 Å². The topological polar surface area (TPSA) is 136 Å². The molecule has 188 valence electrons. The highest BCUT2D eigenvalue weighted by molar-refractivity contribution is 7.91. The van der Waals surface area contributed by atoms with Crippen LogP contribution in [0.3, 0.4) is 0 Å². The molecule has 0 spiro atoms. The van der Waals surface area contributed by atoms with Gasteiger partial charge in [0.2, 0.25) is 11.7 Å². The number of aromatic nitrogens is 2. The zero-order valence-electron chi connectivity index (χ0n) is 19.8. The Morgan fingerprint density at radius 2 is 1.49 bits per heavy atom. The van der Waals surface area contributed by atoms with Crippen LogP contribution < -0.4 is 5.73 Å². The predicted octanol–water partition coefficient (Wildman–Crippen LogP) is 2.50. The lowest BCUT2D eigenvalue weighted by Gasteiger charge is -2.33. The summed E-state index contributed by atoms with van der Waals surface area (Å²) in [7, 11) is -6.47. The Morgan fingerprint density at radius 3 is 2.03 bits per heavy atom. The number of rotatable bonds is 8. The number of benzene rings is 2.